The summed E-state index contributed by atoms with van der Waals surface area (Å²) in [6.07, 6.45) is 9.60. The molecule has 2 aliphatic heterocycles. The number of allylic oxidation sites excluding steroid dienone is 1. The lowest BCUT2D eigenvalue weighted by Gasteiger charge is -2.30. The molecule has 6 nitrogen and oxygen atoms in total. The summed E-state index contributed by atoms with van der Waals surface area (Å²) < 4.78 is 7.35. The third kappa shape index (κ3) is 2.27. The maximum Gasteiger partial charge on any atom is 0.149 e. The summed E-state index contributed by atoms with van der Waals surface area (Å²) >= 11 is 6.22. The van der Waals surface area contributed by atoms with E-state index in [1.54, 1.807) is 13.3 Å². The molecule has 0 fully saturated rings. The molecule has 0 saturated carbocycles. The van der Waals surface area contributed by atoms with Crippen LogP contribution in [0.2, 0.25) is 5.02 Å². The Bertz CT molecular complexity index is 883. The van der Waals surface area contributed by atoms with Crippen molar-refractivity contribution in [2.45, 2.75) is 0 Å². The number of aromatic nitrogens is 2. The second-order valence-corrected chi connectivity index (χ2v) is 5.89. The maximum atomic E-state index is 6.22. The van der Waals surface area contributed by atoms with Crippen molar-refractivity contribution >= 4 is 23.5 Å². The summed E-state index contributed by atoms with van der Waals surface area (Å²) in [5.41, 5.74) is 2.80. The van der Waals surface area contributed by atoms with Gasteiger partial charge >= 0.3 is 0 Å². The molecular weight excluding hydrogens is 326 g/mol. The van der Waals surface area contributed by atoms with E-state index in [2.05, 4.69) is 21.2 Å². The molecule has 0 amide bonds. The van der Waals surface area contributed by atoms with E-state index in [0.717, 1.165) is 35.1 Å². The highest BCUT2D eigenvalue weighted by Gasteiger charge is 2.28. The van der Waals surface area contributed by atoms with E-state index < -0.39 is 0 Å². The molecule has 0 spiro atoms. The quantitative estimate of drug-likeness (QED) is 0.860. The Morgan fingerprint density at radius 1 is 1.29 bits per heavy atom. The molecule has 0 radical (unpaired) electrons. The van der Waals surface area contributed by atoms with Gasteiger partial charge in [-0.05, 0) is 30.4 Å². The average Bonchev–Trinajstić information content (AvgIpc) is 3.18. The van der Waals surface area contributed by atoms with Crippen molar-refractivity contribution < 1.29 is 4.74 Å². The Balaban J connectivity index is 1.82. The first-order valence-electron chi connectivity index (χ1n) is 7.52. The summed E-state index contributed by atoms with van der Waals surface area (Å²) in [6, 6.07) is 5.58. The van der Waals surface area contributed by atoms with Crippen molar-refractivity contribution in [1.29, 1.82) is 0 Å². The highest BCUT2D eigenvalue weighted by atomic mass is 35.5. The smallest absolute Gasteiger partial charge is 0.149 e. The minimum Gasteiger partial charge on any atom is -0.496 e. The summed E-state index contributed by atoms with van der Waals surface area (Å²) in [4.78, 5) is 4.38. The minimum atomic E-state index is 0.653. The lowest BCUT2D eigenvalue weighted by molar-refractivity contribution is 0.416. The number of methoxy groups -OCH3 is 1. The van der Waals surface area contributed by atoms with Crippen molar-refractivity contribution in [1.82, 2.24) is 14.8 Å². The number of ether oxygens (including phenoxy) is 1. The van der Waals surface area contributed by atoms with Crippen LogP contribution in [0.15, 0.2) is 53.6 Å². The van der Waals surface area contributed by atoms with Gasteiger partial charge in [0.05, 0.1) is 25.5 Å². The van der Waals surface area contributed by atoms with Gasteiger partial charge in [-0.2, -0.15) is 5.10 Å². The Morgan fingerprint density at radius 3 is 3.00 bits per heavy atom. The zero-order valence-corrected chi connectivity index (χ0v) is 14.1. The first-order chi connectivity index (χ1) is 11.7. The van der Waals surface area contributed by atoms with Crippen LogP contribution in [0.5, 0.6) is 5.75 Å². The van der Waals surface area contributed by atoms with E-state index in [-0.39, 0.29) is 0 Å². The number of aryl methyl sites for hydroxylation is 1. The fourth-order valence-electron chi connectivity index (χ4n) is 2.99. The van der Waals surface area contributed by atoms with Gasteiger partial charge in [-0.3, -0.25) is 9.69 Å². The Morgan fingerprint density at radius 2 is 2.17 bits per heavy atom. The number of fused-ring (bicyclic) bond motifs is 1. The van der Waals surface area contributed by atoms with Crippen LogP contribution in [-0.4, -0.2) is 34.7 Å². The van der Waals surface area contributed by atoms with Crippen molar-refractivity contribution in [2.75, 3.05) is 18.7 Å². The van der Waals surface area contributed by atoms with E-state index in [1.807, 2.05) is 53.4 Å². The highest BCUT2D eigenvalue weighted by Crippen LogP contribution is 2.40. The third-order valence-corrected chi connectivity index (χ3v) is 4.31. The van der Waals surface area contributed by atoms with Crippen LogP contribution in [0.25, 0.3) is 11.3 Å². The molecule has 0 aliphatic carbocycles. The molecule has 7 heteroatoms. The van der Waals surface area contributed by atoms with E-state index in [9.17, 15) is 0 Å². The molecule has 0 bridgehead atoms. The van der Waals surface area contributed by atoms with E-state index in [0.29, 0.717) is 5.02 Å². The average molecular weight is 342 g/mol. The molecule has 0 atom stereocenters. The molecule has 2 aromatic rings. The van der Waals surface area contributed by atoms with Gasteiger partial charge in [0.2, 0.25) is 0 Å². The molecule has 0 unspecified atom stereocenters. The van der Waals surface area contributed by atoms with Gasteiger partial charge < -0.3 is 4.74 Å². The molecule has 3 heterocycles. The predicted molar refractivity (Wildman–Crippen MR) is 95.1 cm³/mol. The number of hydrazine groups is 1. The van der Waals surface area contributed by atoms with Gasteiger partial charge in [0.25, 0.3) is 0 Å². The van der Waals surface area contributed by atoms with Gasteiger partial charge in [-0.25, -0.2) is 10.0 Å². The van der Waals surface area contributed by atoms with Crippen molar-refractivity contribution in [3.63, 3.8) is 0 Å². The second kappa shape index (κ2) is 5.72. The van der Waals surface area contributed by atoms with Crippen LogP contribution >= 0.6 is 11.6 Å². The van der Waals surface area contributed by atoms with E-state index in [1.165, 1.54) is 0 Å². The maximum absolute atomic E-state index is 6.22. The first-order valence-corrected chi connectivity index (χ1v) is 7.90. The Hall–Kier alpha value is -2.73. The molecule has 24 heavy (non-hydrogen) atoms. The van der Waals surface area contributed by atoms with Crippen LogP contribution in [0.3, 0.4) is 0 Å². The zero-order valence-electron chi connectivity index (χ0n) is 13.3. The van der Waals surface area contributed by atoms with Crippen molar-refractivity contribution in [3.05, 3.63) is 53.6 Å². The van der Waals surface area contributed by atoms with Crippen LogP contribution in [-0.2, 0) is 7.05 Å². The van der Waals surface area contributed by atoms with Crippen LogP contribution in [0.4, 0.5) is 5.69 Å². The standard InChI is InChI=1S/C17H16ClN5O/c1-21-17(13-10-12(18)4-5-15(13)24-2)14(11-20-21)22-9-6-16-19-7-3-8-23(16)22/h3-8,10-11H,9H2,1-2H3. The molecule has 0 N–H and O–H groups in total. The fraction of sp³-hybridized carbons (Fsp3) is 0.176. The number of aliphatic imine (C=N–C) groups is 1. The first kappa shape index (κ1) is 14.8. The Kier molecular flexibility index (Phi) is 3.54. The van der Waals surface area contributed by atoms with Gasteiger partial charge in [0.15, 0.2) is 0 Å². The molecule has 0 saturated heterocycles. The second-order valence-electron chi connectivity index (χ2n) is 5.46. The topological polar surface area (TPSA) is 45.9 Å². The molecule has 122 valence electrons. The molecule has 1 aromatic heterocycles. The normalized spacial score (nSPS) is 15.7. The van der Waals surface area contributed by atoms with Crippen molar-refractivity contribution in [2.24, 2.45) is 12.0 Å². The summed E-state index contributed by atoms with van der Waals surface area (Å²) in [6.45, 7) is 0.721. The number of benzene rings is 1. The van der Waals surface area contributed by atoms with Crippen LogP contribution < -0.4 is 9.75 Å². The molecule has 4 rings (SSSR count). The number of hydrogen-bond donors (Lipinski definition) is 0. The molecule has 1 aromatic carbocycles. The third-order valence-electron chi connectivity index (χ3n) is 4.08. The van der Waals surface area contributed by atoms with Crippen LogP contribution in [0, 0.1) is 0 Å². The van der Waals surface area contributed by atoms with E-state index in [4.69, 9.17) is 16.3 Å². The lowest BCUT2D eigenvalue weighted by Crippen LogP contribution is -2.34. The van der Waals surface area contributed by atoms with Crippen LogP contribution in [0.1, 0.15) is 0 Å². The largest absolute Gasteiger partial charge is 0.496 e. The number of rotatable bonds is 3. The summed E-state index contributed by atoms with van der Waals surface area (Å²) in [5, 5.41) is 9.23. The highest BCUT2D eigenvalue weighted by molar-refractivity contribution is 6.31. The number of hydrogen-bond acceptors (Lipinski definition) is 5. The van der Waals surface area contributed by atoms with Gasteiger partial charge in [-0.1, -0.05) is 11.6 Å². The fourth-order valence-corrected chi connectivity index (χ4v) is 3.16. The summed E-state index contributed by atoms with van der Waals surface area (Å²) in [5.74, 6) is 1.66. The number of anilines is 1. The number of halogens is 1. The van der Waals surface area contributed by atoms with Gasteiger partial charge in [0, 0.05) is 30.0 Å². The SMILES string of the molecule is COc1ccc(Cl)cc1-c1c(N2CC=C3N=CC=CN32)cnn1C. The number of nitrogens with zero attached hydrogens (tertiary/aromatic N) is 5. The Labute approximate surface area is 144 Å². The molecular formula is C17H16ClN5O. The van der Waals surface area contributed by atoms with Gasteiger partial charge in [-0.15, -0.1) is 0 Å². The van der Waals surface area contributed by atoms with Crippen molar-refractivity contribution in [3.8, 4) is 17.0 Å². The van der Waals surface area contributed by atoms with E-state index >= 15 is 0 Å². The monoisotopic (exact) mass is 341 g/mol. The lowest BCUT2D eigenvalue weighted by atomic mass is 10.1. The predicted octanol–water partition coefficient (Wildman–Crippen LogP) is 3.23. The minimum absolute atomic E-state index is 0.653. The molecule has 2 aliphatic rings. The summed E-state index contributed by atoms with van der Waals surface area (Å²) in [7, 11) is 3.56. The van der Waals surface area contributed by atoms with Gasteiger partial charge in [0.1, 0.15) is 17.3 Å². The zero-order chi connectivity index (χ0) is 16.7.